The van der Waals surface area contributed by atoms with Gasteiger partial charge < -0.3 is 0 Å². The van der Waals surface area contributed by atoms with E-state index in [1.165, 1.54) is 6.33 Å². The Kier molecular flexibility index (Phi) is 5.84. The Morgan fingerprint density at radius 2 is 1.89 bits per heavy atom. The Labute approximate surface area is 172 Å². The third kappa shape index (κ3) is 4.39. The lowest BCUT2D eigenvalue weighted by Gasteiger charge is -2.16. The van der Waals surface area contributed by atoms with Gasteiger partial charge in [-0.2, -0.15) is 13.2 Å². The molecule has 3 aromatic rings. The molecule has 0 aliphatic heterocycles. The summed E-state index contributed by atoms with van der Waals surface area (Å²) in [5.74, 6) is 0. The van der Waals surface area contributed by atoms with E-state index >= 15 is 0 Å². The summed E-state index contributed by atoms with van der Waals surface area (Å²) < 4.78 is 40.2. The molecule has 0 fully saturated rings. The Morgan fingerprint density at radius 1 is 1.18 bits per heavy atom. The molecular formula is C18H14Cl2F3N3OS. The molecule has 2 aromatic carbocycles. The molecule has 0 atom stereocenters. The van der Waals surface area contributed by atoms with Crippen LogP contribution in [0, 0.1) is 0 Å². The van der Waals surface area contributed by atoms with Crippen molar-refractivity contribution in [2.75, 3.05) is 5.43 Å². The van der Waals surface area contributed by atoms with Gasteiger partial charge in [-0.25, -0.2) is 9.66 Å². The van der Waals surface area contributed by atoms with Gasteiger partial charge in [0.25, 0.3) is 5.56 Å². The van der Waals surface area contributed by atoms with Gasteiger partial charge in [0.15, 0.2) is 0 Å². The molecule has 10 heteroatoms. The SMILES string of the molecule is CC(C)Sc1ccc(Cl)cc1Nn1cnc2c(Cl)cc(C(F)(F)F)cc2c1=O. The molecular weight excluding hydrogens is 434 g/mol. The predicted octanol–water partition coefficient (Wildman–Crippen LogP) is 6.10. The average molecular weight is 448 g/mol. The predicted molar refractivity (Wildman–Crippen MR) is 107 cm³/mol. The number of alkyl halides is 3. The Morgan fingerprint density at radius 3 is 2.54 bits per heavy atom. The first-order valence-electron chi connectivity index (χ1n) is 8.07. The first-order valence-corrected chi connectivity index (χ1v) is 9.71. The van der Waals surface area contributed by atoms with Crippen LogP contribution in [0.1, 0.15) is 19.4 Å². The Balaban J connectivity index is 2.12. The van der Waals surface area contributed by atoms with Crippen LogP contribution in [0.15, 0.2) is 46.3 Å². The smallest absolute Gasteiger partial charge is 0.289 e. The van der Waals surface area contributed by atoms with E-state index in [2.05, 4.69) is 10.4 Å². The number of aromatic nitrogens is 2. The van der Waals surface area contributed by atoms with Crippen molar-refractivity contribution < 1.29 is 13.2 Å². The van der Waals surface area contributed by atoms with Gasteiger partial charge in [-0.3, -0.25) is 10.2 Å². The lowest BCUT2D eigenvalue weighted by molar-refractivity contribution is -0.137. The minimum Gasteiger partial charge on any atom is -0.289 e. The first-order chi connectivity index (χ1) is 13.1. The van der Waals surface area contributed by atoms with Gasteiger partial charge >= 0.3 is 6.18 Å². The Hall–Kier alpha value is -1.90. The molecule has 0 aliphatic rings. The lowest BCUT2D eigenvalue weighted by Crippen LogP contribution is -2.27. The molecule has 0 aliphatic carbocycles. The summed E-state index contributed by atoms with van der Waals surface area (Å²) in [7, 11) is 0. The van der Waals surface area contributed by atoms with E-state index < -0.39 is 17.3 Å². The molecule has 0 saturated carbocycles. The van der Waals surface area contributed by atoms with Crippen LogP contribution in [-0.4, -0.2) is 14.9 Å². The maximum Gasteiger partial charge on any atom is 0.416 e. The van der Waals surface area contributed by atoms with Crippen LogP contribution in [0.4, 0.5) is 18.9 Å². The highest BCUT2D eigenvalue weighted by atomic mass is 35.5. The van der Waals surface area contributed by atoms with Crippen molar-refractivity contribution in [3.8, 4) is 0 Å². The van der Waals surface area contributed by atoms with Crippen molar-refractivity contribution in [3.63, 3.8) is 0 Å². The maximum absolute atomic E-state index is 13.1. The van der Waals surface area contributed by atoms with Gasteiger partial charge in [0.2, 0.25) is 0 Å². The molecule has 28 heavy (non-hydrogen) atoms. The lowest BCUT2D eigenvalue weighted by atomic mass is 10.1. The number of fused-ring (bicyclic) bond motifs is 1. The zero-order valence-electron chi connectivity index (χ0n) is 14.6. The van der Waals surface area contributed by atoms with Crippen LogP contribution in [0.2, 0.25) is 10.0 Å². The highest BCUT2D eigenvalue weighted by Gasteiger charge is 2.32. The number of rotatable bonds is 4. The fraction of sp³-hybridized carbons (Fsp3) is 0.222. The number of nitrogens with one attached hydrogen (secondary N) is 1. The highest BCUT2D eigenvalue weighted by Crippen LogP contribution is 2.34. The molecule has 3 rings (SSSR count). The first kappa shape index (κ1) is 20.8. The number of benzene rings is 2. The summed E-state index contributed by atoms with van der Waals surface area (Å²) in [6.07, 6.45) is -3.46. The molecule has 1 heterocycles. The summed E-state index contributed by atoms with van der Waals surface area (Å²) in [6, 6.07) is 6.64. The number of thioether (sulfide) groups is 1. The van der Waals surface area contributed by atoms with Gasteiger partial charge in [-0.1, -0.05) is 37.0 Å². The second-order valence-corrected chi connectivity index (χ2v) is 8.65. The van der Waals surface area contributed by atoms with Gasteiger partial charge in [-0.05, 0) is 30.3 Å². The summed E-state index contributed by atoms with van der Waals surface area (Å²) in [5.41, 5.74) is 1.68. The van der Waals surface area contributed by atoms with E-state index in [-0.39, 0.29) is 21.2 Å². The zero-order valence-corrected chi connectivity index (χ0v) is 17.0. The number of hydrogen-bond donors (Lipinski definition) is 1. The molecule has 148 valence electrons. The van der Waals surface area contributed by atoms with Gasteiger partial charge in [0, 0.05) is 15.2 Å². The van der Waals surface area contributed by atoms with E-state index in [0.717, 1.165) is 21.7 Å². The maximum atomic E-state index is 13.1. The van der Waals surface area contributed by atoms with Crippen LogP contribution in [-0.2, 0) is 6.18 Å². The third-order valence-electron chi connectivity index (χ3n) is 3.69. The molecule has 0 amide bonds. The van der Waals surface area contributed by atoms with Crippen LogP contribution in [0.3, 0.4) is 0 Å². The monoisotopic (exact) mass is 447 g/mol. The standard InChI is InChI=1S/C18H14Cl2F3N3OS/c1-9(2)28-15-4-3-11(19)7-14(15)25-26-8-24-16-12(17(26)27)5-10(6-13(16)20)18(21,22)23/h3-9,25H,1-2H3. The zero-order chi connectivity index (χ0) is 20.6. The van der Waals surface area contributed by atoms with Crippen molar-refractivity contribution in [1.29, 1.82) is 0 Å². The van der Waals surface area contributed by atoms with E-state index in [9.17, 15) is 18.0 Å². The molecule has 0 spiro atoms. The molecule has 1 aromatic heterocycles. The van der Waals surface area contributed by atoms with Crippen molar-refractivity contribution in [3.05, 3.63) is 62.6 Å². The number of halogens is 5. The van der Waals surface area contributed by atoms with Crippen LogP contribution in [0.25, 0.3) is 10.9 Å². The number of nitrogens with zero attached hydrogens (tertiary/aromatic N) is 2. The Bertz CT molecular complexity index is 1100. The summed E-state index contributed by atoms with van der Waals surface area (Å²) in [5, 5.41) is 0.226. The van der Waals surface area contributed by atoms with Crippen molar-refractivity contribution in [2.45, 2.75) is 30.2 Å². The van der Waals surface area contributed by atoms with E-state index in [4.69, 9.17) is 23.2 Å². The average Bonchev–Trinajstić information content (AvgIpc) is 2.58. The normalized spacial score (nSPS) is 12.0. The quantitative estimate of drug-likeness (QED) is 0.490. The van der Waals surface area contributed by atoms with E-state index in [1.54, 1.807) is 30.0 Å². The minimum atomic E-state index is -4.63. The van der Waals surface area contributed by atoms with E-state index in [0.29, 0.717) is 10.7 Å². The van der Waals surface area contributed by atoms with Crippen molar-refractivity contribution >= 4 is 51.6 Å². The summed E-state index contributed by atoms with van der Waals surface area (Å²) in [6.45, 7) is 4.01. The largest absolute Gasteiger partial charge is 0.416 e. The fourth-order valence-corrected chi connectivity index (χ4v) is 3.84. The van der Waals surface area contributed by atoms with Crippen LogP contribution < -0.4 is 11.0 Å². The van der Waals surface area contributed by atoms with Crippen LogP contribution in [0.5, 0.6) is 0 Å². The van der Waals surface area contributed by atoms with Gasteiger partial charge in [0.05, 0.1) is 27.2 Å². The molecule has 1 N–H and O–H groups in total. The topological polar surface area (TPSA) is 46.9 Å². The van der Waals surface area contributed by atoms with Gasteiger partial charge in [-0.15, -0.1) is 11.8 Å². The van der Waals surface area contributed by atoms with E-state index in [1.807, 2.05) is 13.8 Å². The summed E-state index contributed by atoms with van der Waals surface area (Å²) in [4.78, 5) is 17.6. The summed E-state index contributed by atoms with van der Waals surface area (Å²) >= 11 is 13.5. The second kappa shape index (κ2) is 7.85. The minimum absolute atomic E-state index is 0.000546. The van der Waals surface area contributed by atoms with Crippen LogP contribution >= 0.6 is 35.0 Å². The van der Waals surface area contributed by atoms with Crippen molar-refractivity contribution in [2.24, 2.45) is 0 Å². The molecule has 0 saturated heterocycles. The number of anilines is 1. The second-order valence-electron chi connectivity index (χ2n) is 6.19. The highest BCUT2D eigenvalue weighted by molar-refractivity contribution is 8.00. The van der Waals surface area contributed by atoms with Gasteiger partial charge in [0.1, 0.15) is 6.33 Å². The molecule has 0 radical (unpaired) electrons. The molecule has 0 bridgehead atoms. The van der Waals surface area contributed by atoms with Crippen molar-refractivity contribution in [1.82, 2.24) is 9.66 Å². The third-order valence-corrected chi connectivity index (χ3v) is 5.29. The molecule has 0 unspecified atom stereocenters. The fourth-order valence-electron chi connectivity index (χ4n) is 2.51. The molecule has 4 nitrogen and oxygen atoms in total. The number of hydrogen-bond acceptors (Lipinski definition) is 4.